The predicted octanol–water partition coefficient (Wildman–Crippen LogP) is 3.71. The number of hydrogen-bond donors (Lipinski definition) is 1. The highest BCUT2D eigenvalue weighted by Gasteiger charge is 2.18. The summed E-state index contributed by atoms with van der Waals surface area (Å²) in [7, 11) is 1.74. The van der Waals surface area contributed by atoms with Crippen molar-refractivity contribution < 1.29 is 4.79 Å². The van der Waals surface area contributed by atoms with Crippen LogP contribution in [0.1, 0.15) is 16.8 Å². The number of amides is 2. The molecule has 0 bridgehead atoms. The van der Waals surface area contributed by atoms with Gasteiger partial charge in [0, 0.05) is 25.1 Å². The molecule has 0 saturated carbocycles. The van der Waals surface area contributed by atoms with E-state index in [0.29, 0.717) is 6.54 Å². The fourth-order valence-electron chi connectivity index (χ4n) is 3.17. The van der Waals surface area contributed by atoms with Crippen molar-refractivity contribution in [1.82, 2.24) is 14.9 Å². The Kier molecular flexibility index (Phi) is 3.90. The van der Waals surface area contributed by atoms with Gasteiger partial charge in [-0.2, -0.15) is 0 Å². The minimum absolute atomic E-state index is 0.166. The van der Waals surface area contributed by atoms with E-state index >= 15 is 0 Å². The van der Waals surface area contributed by atoms with Crippen molar-refractivity contribution in [2.75, 3.05) is 12.4 Å². The van der Waals surface area contributed by atoms with Crippen molar-refractivity contribution in [2.45, 2.75) is 13.0 Å². The summed E-state index contributed by atoms with van der Waals surface area (Å²) < 4.78 is 0. The van der Waals surface area contributed by atoms with Gasteiger partial charge in [-0.25, -0.2) is 4.79 Å². The summed E-state index contributed by atoms with van der Waals surface area (Å²) in [6, 6.07) is 14.4. The van der Waals surface area contributed by atoms with Crippen LogP contribution in [0.5, 0.6) is 0 Å². The van der Waals surface area contributed by atoms with E-state index in [1.54, 1.807) is 30.5 Å². The summed E-state index contributed by atoms with van der Waals surface area (Å²) >= 11 is 0. The number of rotatable bonds is 3. The standard InChI is InChI=1S/C20H18N4O/c1-24(13-17-12-21-8-9-22-17)20(25)23-16-6-7-19-15(11-16)10-14-4-2-3-5-18(14)19/h2-9,11-12H,10,13H2,1H3,(H,23,25). The van der Waals surface area contributed by atoms with Crippen molar-refractivity contribution in [1.29, 1.82) is 0 Å². The number of carbonyl (C=O) groups is 1. The number of fused-ring (bicyclic) bond motifs is 3. The minimum Gasteiger partial charge on any atom is -0.322 e. The number of anilines is 1. The molecule has 0 unspecified atom stereocenters. The first-order chi connectivity index (χ1) is 12.2. The zero-order valence-corrected chi connectivity index (χ0v) is 13.9. The van der Waals surface area contributed by atoms with E-state index in [1.807, 2.05) is 6.07 Å². The second-order valence-electron chi connectivity index (χ2n) is 6.19. The molecule has 124 valence electrons. The van der Waals surface area contributed by atoms with Gasteiger partial charge >= 0.3 is 6.03 Å². The number of carbonyl (C=O) groups excluding carboxylic acids is 1. The van der Waals surface area contributed by atoms with E-state index in [9.17, 15) is 4.79 Å². The van der Waals surface area contributed by atoms with Gasteiger partial charge in [0.05, 0.1) is 18.4 Å². The Hall–Kier alpha value is -3.21. The topological polar surface area (TPSA) is 58.1 Å². The van der Waals surface area contributed by atoms with Gasteiger partial charge in [-0.05, 0) is 40.8 Å². The molecule has 0 saturated heterocycles. The first-order valence-electron chi connectivity index (χ1n) is 8.19. The Balaban J connectivity index is 1.47. The summed E-state index contributed by atoms with van der Waals surface area (Å²) in [5.74, 6) is 0. The lowest BCUT2D eigenvalue weighted by Crippen LogP contribution is -2.31. The van der Waals surface area contributed by atoms with Crippen molar-refractivity contribution in [2.24, 2.45) is 0 Å². The van der Waals surface area contributed by atoms with Gasteiger partial charge in [0.2, 0.25) is 0 Å². The van der Waals surface area contributed by atoms with Crippen LogP contribution in [-0.2, 0) is 13.0 Å². The average molecular weight is 330 g/mol. The SMILES string of the molecule is CN(Cc1cnccn1)C(=O)Nc1ccc2c(c1)Cc1ccccc1-2. The highest BCUT2D eigenvalue weighted by atomic mass is 16.2. The van der Waals surface area contributed by atoms with Crippen LogP contribution in [0.25, 0.3) is 11.1 Å². The molecule has 1 N–H and O–H groups in total. The maximum absolute atomic E-state index is 12.4. The maximum atomic E-state index is 12.4. The van der Waals surface area contributed by atoms with Crippen LogP contribution >= 0.6 is 0 Å². The average Bonchev–Trinajstić information content (AvgIpc) is 3.00. The summed E-state index contributed by atoms with van der Waals surface area (Å²) in [5.41, 5.74) is 6.68. The van der Waals surface area contributed by atoms with E-state index < -0.39 is 0 Å². The number of benzene rings is 2. The van der Waals surface area contributed by atoms with Crippen molar-refractivity contribution in [3.63, 3.8) is 0 Å². The lowest BCUT2D eigenvalue weighted by Gasteiger charge is -2.17. The third-order valence-corrected chi connectivity index (χ3v) is 4.41. The molecular weight excluding hydrogens is 312 g/mol. The van der Waals surface area contributed by atoms with Crippen molar-refractivity contribution >= 4 is 11.7 Å². The van der Waals surface area contributed by atoms with Gasteiger partial charge < -0.3 is 10.2 Å². The first-order valence-corrected chi connectivity index (χ1v) is 8.19. The van der Waals surface area contributed by atoms with Gasteiger partial charge in [-0.3, -0.25) is 9.97 Å². The van der Waals surface area contributed by atoms with Gasteiger partial charge in [0.25, 0.3) is 0 Å². The molecular formula is C20H18N4O. The number of nitrogens with zero attached hydrogens (tertiary/aromatic N) is 3. The Morgan fingerprint density at radius 3 is 2.80 bits per heavy atom. The molecule has 4 rings (SSSR count). The van der Waals surface area contributed by atoms with Gasteiger partial charge in [-0.1, -0.05) is 30.3 Å². The van der Waals surface area contributed by atoms with E-state index in [1.165, 1.54) is 22.3 Å². The molecule has 1 aliphatic carbocycles. The van der Waals surface area contributed by atoms with Crippen LogP contribution in [0.4, 0.5) is 10.5 Å². The third kappa shape index (κ3) is 3.08. The summed E-state index contributed by atoms with van der Waals surface area (Å²) in [4.78, 5) is 22.2. The Bertz CT molecular complexity index is 924. The van der Waals surface area contributed by atoms with Crippen LogP contribution in [0, 0.1) is 0 Å². The molecule has 2 amide bonds. The summed E-state index contributed by atoms with van der Waals surface area (Å²) in [5, 5.41) is 2.96. The van der Waals surface area contributed by atoms with Gasteiger partial charge in [0.1, 0.15) is 0 Å². The quantitative estimate of drug-likeness (QED) is 0.623. The van der Waals surface area contributed by atoms with Gasteiger partial charge in [-0.15, -0.1) is 0 Å². The zero-order chi connectivity index (χ0) is 17.2. The molecule has 1 aliphatic rings. The van der Waals surface area contributed by atoms with Crippen LogP contribution in [0.2, 0.25) is 0 Å². The molecule has 5 heteroatoms. The zero-order valence-electron chi connectivity index (χ0n) is 13.9. The Labute approximate surface area is 146 Å². The highest BCUT2D eigenvalue weighted by Crippen LogP contribution is 2.37. The number of nitrogens with one attached hydrogen (secondary N) is 1. The molecule has 0 atom stereocenters. The molecule has 5 nitrogen and oxygen atoms in total. The molecule has 1 heterocycles. The molecule has 25 heavy (non-hydrogen) atoms. The van der Waals surface area contributed by atoms with Crippen molar-refractivity contribution in [3.8, 4) is 11.1 Å². The van der Waals surface area contributed by atoms with Crippen molar-refractivity contribution in [3.05, 3.63) is 77.9 Å². The third-order valence-electron chi connectivity index (χ3n) is 4.41. The van der Waals surface area contributed by atoms with Crippen LogP contribution in [-0.4, -0.2) is 27.9 Å². The largest absolute Gasteiger partial charge is 0.322 e. The summed E-state index contributed by atoms with van der Waals surface area (Å²) in [6.45, 7) is 0.413. The van der Waals surface area contributed by atoms with Crippen LogP contribution < -0.4 is 5.32 Å². The summed E-state index contributed by atoms with van der Waals surface area (Å²) in [6.07, 6.45) is 5.81. The molecule has 0 radical (unpaired) electrons. The molecule has 0 aliphatic heterocycles. The van der Waals surface area contributed by atoms with Gasteiger partial charge in [0.15, 0.2) is 0 Å². The Morgan fingerprint density at radius 1 is 1.12 bits per heavy atom. The molecule has 0 fully saturated rings. The van der Waals surface area contributed by atoms with Crippen LogP contribution in [0.3, 0.4) is 0 Å². The van der Waals surface area contributed by atoms with E-state index in [2.05, 4.69) is 51.7 Å². The molecule has 1 aromatic heterocycles. The number of hydrogen-bond acceptors (Lipinski definition) is 3. The predicted molar refractivity (Wildman–Crippen MR) is 97.2 cm³/mol. The fourth-order valence-corrected chi connectivity index (χ4v) is 3.17. The lowest BCUT2D eigenvalue weighted by molar-refractivity contribution is 0.220. The van der Waals surface area contributed by atoms with E-state index in [4.69, 9.17) is 0 Å². The molecule has 2 aromatic carbocycles. The normalized spacial score (nSPS) is 11.6. The molecule has 3 aromatic rings. The Morgan fingerprint density at radius 2 is 1.96 bits per heavy atom. The number of urea groups is 1. The van der Waals surface area contributed by atoms with Crippen LogP contribution in [0.15, 0.2) is 61.1 Å². The highest BCUT2D eigenvalue weighted by molar-refractivity contribution is 5.90. The monoisotopic (exact) mass is 330 g/mol. The first kappa shape index (κ1) is 15.3. The lowest BCUT2D eigenvalue weighted by atomic mass is 10.1. The second kappa shape index (κ2) is 6.36. The van der Waals surface area contributed by atoms with E-state index in [0.717, 1.165) is 17.8 Å². The number of aromatic nitrogens is 2. The fraction of sp³-hybridized carbons (Fsp3) is 0.150. The second-order valence-corrected chi connectivity index (χ2v) is 6.19. The van der Waals surface area contributed by atoms with E-state index in [-0.39, 0.29) is 6.03 Å². The molecule has 0 spiro atoms. The maximum Gasteiger partial charge on any atom is 0.321 e. The smallest absolute Gasteiger partial charge is 0.321 e. The minimum atomic E-state index is -0.166.